The van der Waals surface area contributed by atoms with E-state index in [-0.39, 0.29) is 37.0 Å². The number of rotatable bonds is 6. The van der Waals surface area contributed by atoms with Crippen LogP contribution in [-0.2, 0) is 32.0 Å². The number of fused-ring (bicyclic) bond motifs is 3. The lowest BCUT2D eigenvalue weighted by molar-refractivity contribution is -0.138. The first kappa shape index (κ1) is 20.8. The third-order valence-corrected chi connectivity index (χ3v) is 6.17. The SMILES string of the molecule is COCCN1C(=O)CN(C)C(=O)c2c1sc1c2CCN(C(=O)COC(C)C)C1. The van der Waals surface area contributed by atoms with Gasteiger partial charge in [-0.15, -0.1) is 11.3 Å². The first-order chi connectivity index (χ1) is 13.3. The Balaban J connectivity index is 1.90. The van der Waals surface area contributed by atoms with Crippen molar-refractivity contribution >= 4 is 34.1 Å². The molecular weight excluding hydrogens is 382 g/mol. The second kappa shape index (κ2) is 8.59. The fourth-order valence-corrected chi connectivity index (χ4v) is 4.81. The van der Waals surface area contributed by atoms with Crippen LogP contribution in [0.5, 0.6) is 0 Å². The van der Waals surface area contributed by atoms with E-state index >= 15 is 0 Å². The van der Waals surface area contributed by atoms with Gasteiger partial charge in [0.2, 0.25) is 11.8 Å². The van der Waals surface area contributed by atoms with Crippen LogP contribution < -0.4 is 4.90 Å². The molecule has 9 heteroatoms. The third kappa shape index (κ3) is 4.06. The predicted molar refractivity (Wildman–Crippen MR) is 106 cm³/mol. The molecule has 2 aliphatic rings. The lowest BCUT2D eigenvalue weighted by Crippen LogP contribution is -2.39. The maximum Gasteiger partial charge on any atom is 0.257 e. The van der Waals surface area contributed by atoms with Gasteiger partial charge >= 0.3 is 0 Å². The summed E-state index contributed by atoms with van der Waals surface area (Å²) in [7, 11) is 3.23. The molecule has 0 saturated heterocycles. The Bertz CT molecular complexity index is 776. The average molecular weight is 410 g/mol. The molecule has 0 spiro atoms. The molecule has 0 fully saturated rings. The number of carbonyl (C=O) groups is 3. The van der Waals surface area contributed by atoms with Crippen LogP contribution in [0.4, 0.5) is 5.00 Å². The summed E-state index contributed by atoms with van der Waals surface area (Å²) >= 11 is 1.43. The van der Waals surface area contributed by atoms with Crippen molar-refractivity contribution in [3.8, 4) is 0 Å². The van der Waals surface area contributed by atoms with Gasteiger partial charge in [-0.2, -0.15) is 0 Å². The molecule has 28 heavy (non-hydrogen) atoms. The van der Waals surface area contributed by atoms with Gasteiger partial charge in [-0.3, -0.25) is 19.3 Å². The number of anilines is 1. The zero-order valence-electron chi connectivity index (χ0n) is 16.8. The maximum atomic E-state index is 12.9. The molecule has 8 nitrogen and oxygen atoms in total. The highest BCUT2D eigenvalue weighted by Gasteiger charge is 2.37. The molecular formula is C19H27N3O5S. The van der Waals surface area contributed by atoms with E-state index in [0.717, 1.165) is 10.4 Å². The van der Waals surface area contributed by atoms with Crippen LogP contribution in [0.1, 0.15) is 34.6 Å². The van der Waals surface area contributed by atoms with Crippen LogP contribution >= 0.6 is 11.3 Å². The second-order valence-electron chi connectivity index (χ2n) is 7.31. The monoisotopic (exact) mass is 409 g/mol. The van der Waals surface area contributed by atoms with E-state index in [9.17, 15) is 14.4 Å². The number of methoxy groups -OCH3 is 1. The summed E-state index contributed by atoms with van der Waals surface area (Å²) in [4.78, 5) is 43.9. The van der Waals surface area contributed by atoms with Gasteiger partial charge in [0.1, 0.15) is 18.2 Å². The second-order valence-corrected chi connectivity index (χ2v) is 8.39. The fraction of sp³-hybridized carbons (Fsp3) is 0.632. The van der Waals surface area contributed by atoms with Gasteiger partial charge in [-0.1, -0.05) is 0 Å². The molecule has 0 atom stereocenters. The molecule has 0 N–H and O–H groups in total. The quantitative estimate of drug-likeness (QED) is 0.704. The summed E-state index contributed by atoms with van der Waals surface area (Å²) < 4.78 is 10.6. The molecule has 154 valence electrons. The highest BCUT2D eigenvalue weighted by molar-refractivity contribution is 7.17. The number of amides is 3. The zero-order chi connectivity index (χ0) is 20.4. The van der Waals surface area contributed by atoms with Gasteiger partial charge in [-0.25, -0.2) is 0 Å². The van der Waals surface area contributed by atoms with Crippen molar-refractivity contribution in [2.75, 3.05) is 51.9 Å². The summed E-state index contributed by atoms with van der Waals surface area (Å²) in [6.45, 7) is 5.66. The van der Waals surface area contributed by atoms with Gasteiger partial charge in [-0.05, 0) is 25.8 Å². The van der Waals surface area contributed by atoms with E-state index in [4.69, 9.17) is 9.47 Å². The van der Waals surface area contributed by atoms with Gasteiger partial charge in [0, 0.05) is 25.6 Å². The fourth-order valence-electron chi connectivity index (χ4n) is 3.41. The number of nitrogens with zero attached hydrogens (tertiary/aromatic N) is 3. The van der Waals surface area contributed by atoms with Crippen molar-refractivity contribution in [2.24, 2.45) is 0 Å². The van der Waals surface area contributed by atoms with Crippen LogP contribution in [-0.4, -0.2) is 80.6 Å². The highest BCUT2D eigenvalue weighted by atomic mass is 32.1. The van der Waals surface area contributed by atoms with Crippen LogP contribution in [0.2, 0.25) is 0 Å². The first-order valence-corrected chi connectivity index (χ1v) is 10.2. The van der Waals surface area contributed by atoms with E-state index in [0.29, 0.717) is 43.2 Å². The third-order valence-electron chi connectivity index (χ3n) is 4.93. The smallest absolute Gasteiger partial charge is 0.257 e. The zero-order valence-corrected chi connectivity index (χ0v) is 17.6. The average Bonchev–Trinajstić information content (AvgIpc) is 3.00. The van der Waals surface area contributed by atoms with Gasteiger partial charge in [0.05, 0.1) is 31.4 Å². The Morgan fingerprint density at radius 3 is 2.68 bits per heavy atom. The minimum Gasteiger partial charge on any atom is -0.383 e. The topological polar surface area (TPSA) is 79.4 Å². The Labute approximate surface area is 169 Å². The summed E-state index contributed by atoms with van der Waals surface area (Å²) in [5.74, 6) is -0.314. The molecule has 3 heterocycles. The Kier molecular flexibility index (Phi) is 6.36. The van der Waals surface area contributed by atoms with Crippen LogP contribution in [0.25, 0.3) is 0 Å². The van der Waals surface area contributed by atoms with Gasteiger partial charge < -0.3 is 19.3 Å². The minimum atomic E-state index is -0.135. The van der Waals surface area contributed by atoms with Crippen LogP contribution in [0.3, 0.4) is 0 Å². The minimum absolute atomic E-state index is 0.00406. The standard InChI is InChI=1S/C19H27N3O5S/c1-12(2)27-11-16(24)21-6-5-13-14(9-21)28-19-17(13)18(25)20(3)10-15(23)22(19)7-8-26-4/h12H,5-11H2,1-4H3. The summed E-state index contributed by atoms with van der Waals surface area (Å²) in [6.07, 6.45) is 0.594. The van der Waals surface area contributed by atoms with Crippen molar-refractivity contribution < 1.29 is 23.9 Å². The molecule has 3 rings (SSSR count). The lowest BCUT2D eigenvalue weighted by Gasteiger charge is -2.28. The number of hydrogen-bond acceptors (Lipinski definition) is 6. The van der Waals surface area contributed by atoms with Gasteiger partial charge in [0.15, 0.2) is 0 Å². The number of thiophene rings is 1. The number of hydrogen-bond donors (Lipinski definition) is 0. The van der Waals surface area contributed by atoms with Crippen LogP contribution in [0.15, 0.2) is 0 Å². The van der Waals surface area contributed by atoms with E-state index in [1.54, 1.807) is 24.0 Å². The molecule has 1 aromatic heterocycles. The molecule has 0 aliphatic carbocycles. The predicted octanol–water partition coefficient (Wildman–Crippen LogP) is 1.12. The van der Waals surface area contributed by atoms with Crippen molar-refractivity contribution in [3.05, 3.63) is 16.0 Å². The van der Waals surface area contributed by atoms with Crippen molar-refractivity contribution in [2.45, 2.75) is 32.9 Å². The lowest BCUT2D eigenvalue weighted by atomic mass is 10.0. The van der Waals surface area contributed by atoms with E-state index in [2.05, 4.69) is 0 Å². The summed E-state index contributed by atoms with van der Waals surface area (Å²) in [5.41, 5.74) is 1.57. The van der Waals surface area contributed by atoms with Crippen molar-refractivity contribution in [1.29, 1.82) is 0 Å². The van der Waals surface area contributed by atoms with E-state index in [1.807, 2.05) is 13.8 Å². The molecule has 2 aliphatic heterocycles. The van der Waals surface area contributed by atoms with Crippen LogP contribution in [0, 0.1) is 0 Å². The number of likely N-dealkylation sites (N-methyl/N-ethyl adjacent to an activating group) is 1. The number of carbonyl (C=O) groups excluding carboxylic acids is 3. The van der Waals surface area contributed by atoms with Crippen molar-refractivity contribution in [1.82, 2.24) is 9.80 Å². The highest BCUT2D eigenvalue weighted by Crippen LogP contribution is 2.41. The number of ether oxygens (including phenoxy) is 2. The Morgan fingerprint density at radius 2 is 2.00 bits per heavy atom. The molecule has 0 radical (unpaired) electrons. The molecule has 3 amide bonds. The normalized spacial score (nSPS) is 17.1. The summed E-state index contributed by atoms with van der Waals surface area (Å²) in [6, 6.07) is 0. The van der Waals surface area contributed by atoms with E-state index < -0.39 is 0 Å². The Morgan fingerprint density at radius 1 is 1.25 bits per heavy atom. The molecule has 0 bridgehead atoms. The Hall–Kier alpha value is -1.97. The van der Waals surface area contributed by atoms with E-state index in [1.165, 1.54) is 16.2 Å². The molecule has 0 unspecified atom stereocenters. The molecule has 0 saturated carbocycles. The largest absolute Gasteiger partial charge is 0.383 e. The molecule has 0 aromatic carbocycles. The van der Waals surface area contributed by atoms with Gasteiger partial charge in [0.25, 0.3) is 5.91 Å². The van der Waals surface area contributed by atoms with Crippen molar-refractivity contribution in [3.63, 3.8) is 0 Å². The summed E-state index contributed by atoms with van der Waals surface area (Å²) in [5, 5.41) is 0.675. The first-order valence-electron chi connectivity index (χ1n) is 9.42. The maximum absolute atomic E-state index is 12.9. The molecule has 1 aromatic rings.